The van der Waals surface area contributed by atoms with Gasteiger partial charge in [0.05, 0.1) is 5.56 Å². The van der Waals surface area contributed by atoms with Crippen molar-refractivity contribution in [1.29, 1.82) is 0 Å². The van der Waals surface area contributed by atoms with Crippen LogP contribution in [0.3, 0.4) is 0 Å². The predicted molar refractivity (Wildman–Crippen MR) is 67.7 cm³/mol. The second-order valence-corrected chi connectivity index (χ2v) is 5.04. The highest BCUT2D eigenvalue weighted by atomic mass is 35.5. The van der Waals surface area contributed by atoms with Gasteiger partial charge in [0.2, 0.25) is 0 Å². The van der Waals surface area contributed by atoms with Gasteiger partial charge in [0.1, 0.15) is 5.15 Å². The van der Waals surface area contributed by atoms with E-state index in [9.17, 15) is 9.59 Å². The Hall–Kier alpha value is -1.03. The minimum Gasteiger partial charge on any atom is -0.297 e. The van der Waals surface area contributed by atoms with Crippen LogP contribution in [0.4, 0.5) is 0 Å². The topological polar surface area (TPSA) is 54.9 Å². The summed E-state index contributed by atoms with van der Waals surface area (Å²) in [5.74, 6) is 0.701. The fourth-order valence-electron chi connectivity index (χ4n) is 1.97. The summed E-state index contributed by atoms with van der Waals surface area (Å²) < 4.78 is 1.29. The molecule has 0 aliphatic heterocycles. The van der Waals surface area contributed by atoms with Crippen molar-refractivity contribution in [2.45, 2.75) is 45.6 Å². The van der Waals surface area contributed by atoms with Gasteiger partial charge in [-0.3, -0.25) is 14.3 Å². The lowest BCUT2D eigenvalue weighted by atomic mass is 10.2. The van der Waals surface area contributed by atoms with Gasteiger partial charge in [-0.25, -0.2) is 4.79 Å². The normalized spacial score (nSPS) is 15.2. The molecule has 0 radical (unpaired) electrons. The molecule has 1 aliphatic rings. The Morgan fingerprint density at radius 1 is 1.41 bits per heavy atom. The summed E-state index contributed by atoms with van der Waals surface area (Å²) in [7, 11) is 0. The van der Waals surface area contributed by atoms with Gasteiger partial charge >= 0.3 is 5.69 Å². The Morgan fingerprint density at radius 3 is 2.71 bits per heavy atom. The van der Waals surface area contributed by atoms with Crippen LogP contribution in [0.15, 0.2) is 9.59 Å². The lowest BCUT2D eigenvalue weighted by molar-refractivity contribution is 0.551. The zero-order valence-corrected chi connectivity index (χ0v) is 10.7. The summed E-state index contributed by atoms with van der Waals surface area (Å²) in [5, 5.41) is 0.199. The molecule has 1 fully saturated rings. The van der Waals surface area contributed by atoms with Crippen LogP contribution in [0.2, 0.25) is 5.15 Å². The van der Waals surface area contributed by atoms with Gasteiger partial charge < -0.3 is 0 Å². The third kappa shape index (κ3) is 2.80. The van der Waals surface area contributed by atoms with E-state index in [-0.39, 0.29) is 16.4 Å². The van der Waals surface area contributed by atoms with E-state index in [1.165, 1.54) is 17.4 Å². The van der Waals surface area contributed by atoms with Gasteiger partial charge in [0, 0.05) is 6.54 Å². The van der Waals surface area contributed by atoms with Crippen molar-refractivity contribution >= 4 is 11.6 Å². The van der Waals surface area contributed by atoms with E-state index in [1.807, 2.05) is 6.92 Å². The Morgan fingerprint density at radius 2 is 2.12 bits per heavy atom. The average Bonchev–Trinajstić information content (AvgIpc) is 3.07. The molecule has 1 N–H and O–H groups in total. The molecule has 1 aromatic heterocycles. The minimum atomic E-state index is -0.388. The molecule has 0 spiro atoms. The van der Waals surface area contributed by atoms with E-state index >= 15 is 0 Å². The van der Waals surface area contributed by atoms with Crippen LogP contribution in [0.5, 0.6) is 0 Å². The number of halogens is 1. The van der Waals surface area contributed by atoms with Crippen molar-refractivity contribution in [2.75, 3.05) is 0 Å². The molecule has 0 amide bonds. The zero-order chi connectivity index (χ0) is 12.4. The van der Waals surface area contributed by atoms with Crippen molar-refractivity contribution in [1.82, 2.24) is 9.55 Å². The quantitative estimate of drug-likeness (QED) is 0.819. The fourth-order valence-corrected chi connectivity index (χ4v) is 2.23. The molecule has 94 valence electrons. The van der Waals surface area contributed by atoms with Crippen molar-refractivity contribution in [3.63, 3.8) is 0 Å². The van der Waals surface area contributed by atoms with E-state index in [0.717, 1.165) is 12.8 Å². The summed E-state index contributed by atoms with van der Waals surface area (Å²) in [4.78, 5) is 26.3. The maximum atomic E-state index is 12.1. The van der Waals surface area contributed by atoms with Crippen LogP contribution in [0.1, 0.15) is 38.2 Å². The Labute approximate surface area is 105 Å². The number of hydrogen-bond acceptors (Lipinski definition) is 2. The average molecular weight is 257 g/mol. The molecule has 17 heavy (non-hydrogen) atoms. The third-order valence-electron chi connectivity index (χ3n) is 3.19. The van der Waals surface area contributed by atoms with E-state index in [4.69, 9.17) is 11.6 Å². The number of hydrogen-bond donors (Lipinski definition) is 1. The molecule has 0 bridgehead atoms. The second kappa shape index (κ2) is 5.08. The van der Waals surface area contributed by atoms with E-state index < -0.39 is 0 Å². The fraction of sp³-hybridized carbons (Fsp3) is 0.667. The molecule has 1 aromatic rings. The summed E-state index contributed by atoms with van der Waals surface area (Å²) in [6.45, 7) is 2.49. The Kier molecular flexibility index (Phi) is 3.72. The highest BCUT2D eigenvalue weighted by Crippen LogP contribution is 2.32. The van der Waals surface area contributed by atoms with Crippen LogP contribution in [-0.2, 0) is 13.0 Å². The number of H-pyrrole nitrogens is 1. The van der Waals surface area contributed by atoms with Crippen LogP contribution in [-0.4, -0.2) is 9.55 Å². The van der Waals surface area contributed by atoms with Crippen molar-refractivity contribution in [3.05, 3.63) is 31.6 Å². The Bertz CT molecular complexity index is 514. The Balaban J connectivity index is 2.31. The number of aromatic nitrogens is 2. The first-order valence-electron chi connectivity index (χ1n) is 6.15. The lowest BCUT2D eigenvalue weighted by Gasteiger charge is -2.07. The summed E-state index contributed by atoms with van der Waals surface area (Å²) in [6, 6.07) is 0. The van der Waals surface area contributed by atoms with Gasteiger partial charge in [-0.15, -0.1) is 0 Å². The molecular weight excluding hydrogens is 240 g/mol. The van der Waals surface area contributed by atoms with Crippen LogP contribution in [0.25, 0.3) is 0 Å². The van der Waals surface area contributed by atoms with Crippen molar-refractivity contribution < 1.29 is 0 Å². The monoisotopic (exact) mass is 256 g/mol. The van der Waals surface area contributed by atoms with Crippen LogP contribution < -0.4 is 11.2 Å². The molecular formula is C12H17ClN2O2. The van der Waals surface area contributed by atoms with Gasteiger partial charge in [-0.2, -0.15) is 0 Å². The van der Waals surface area contributed by atoms with Crippen LogP contribution >= 0.6 is 11.6 Å². The number of nitrogens with one attached hydrogen (secondary N) is 1. The number of nitrogens with zero attached hydrogens (tertiary/aromatic N) is 1. The molecule has 1 heterocycles. The first kappa shape index (κ1) is 12.4. The number of rotatable bonds is 5. The maximum absolute atomic E-state index is 12.1. The SMILES string of the molecule is CCCc1c(Cl)[nH]c(=O)n(CCC2CC2)c1=O. The molecule has 1 saturated carbocycles. The standard InChI is InChI=1S/C12H17ClN2O2/c1-2-3-9-10(13)14-12(17)15(11(9)16)7-6-8-4-5-8/h8H,2-7H2,1H3,(H,14,17). The van der Waals surface area contributed by atoms with Gasteiger partial charge in [0.15, 0.2) is 0 Å². The van der Waals surface area contributed by atoms with E-state index in [2.05, 4.69) is 4.98 Å². The highest BCUT2D eigenvalue weighted by molar-refractivity contribution is 6.30. The minimum absolute atomic E-state index is 0.199. The lowest BCUT2D eigenvalue weighted by Crippen LogP contribution is -2.37. The van der Waals surface area contributed by atoms with Gasteiger partial charge in [-0.05, 0) is 18.8 Å². The van der Waals surface area contributed by atoms with Gasteiger partial charge in [0.25, 0.3) is 5.56 Å². The first-order chi connectivity index (χ1) is 8.13. The highest BCUT2D eigenvalue weighted by Gasteiger charge is 2.22. The van der Waals surface area contributed by atoms with Crippen LogP contribution in [0, 0.1) is 5.92 Å². The molecule has 5 heteroatoms. The van der Waals surface area contributed by atoms with Crippen molar-refractivity contribution in [3.8, 4) is 0 Å². The molecule has 0 saturated heterocycles. The zero-order valence-electron chi connectivity index (χ0n) is 9.96. The summed E-state index contributed by atoms with van der Waals surface area (Å²) in [6.07, 6.45) is 4.81. The molecule has 1 aliphatic carbocycles. The smallest absolute Gasteiger partial charge is 0.297 e. The molecule has 0 unspecified atom stereocenters. The molecule has 0 aromatic carbocycles. The maximum Gasteiger partial charge on any atom is 0.329 e. The predicted octanol–water partition coefficient (Wildman–Crippen LogP) is 1.94. The second-order valence-electron chi connectivity index (χ2n) is 4.66. The first-order valence-corrected chi connectivity index (χ1v) is 6.52. The van der Waals surface area contributed by atoms with Gasteiger partial charge in [-0.1, -0.05) is 37.8 Å². The molecule has 0 atom stereocenters. The van der Waals surface area contributed by atoms with E-state index in [1.54, 1.807) is 0 Å². The van der Waals surface area contributed by atoms with E-state index in [0.29, 0.717) is 24.4 Å². The largest absolute Gasteiger partial charge is 0.329 e. The third-order valence-corrected chi connectivity index (χ3v) is 3.51. The summed E-state index contributed by atoms with van der Waals surface area (Å²) in [5.41, 5.74) is -0.0775. The molecule has 4 nitrogen and oxygen atoms in total. The number of aromatic amines is 1. The van der Waals surface area contributed by atoms with Crippen molar-refractivity contribution in [2.24, 2.45) is 5.92 Å². The molecule has 2 rings (SSSR count). The summed E-state index contributed by atoms with van der Waals surface area (Å²) >= 11 is 5.89.